The van der Waals surface area contributed by atoms with E-state index in [1.165, 1.54) is 0 Å². The van der Waals surface area contributed by atoms with Crippen molar-refractivity contribution in [1.82, 2.24) is 31.7 Å². The van der Waals surface area contributed by atoms with Crippen molar-refractivity contribution in [2.45, 2.75) is 26.4 Å². The van der Waals surface area contributed by atoms with E-state index < -0.39 is 23.9 Å². The number of aromatic nitrogens is 2. The molecule has 1 heterocycles. The van der Waals surface area contributed by atoms with Crippen LogP contribution in [-0.2, 0) is 11.3 Å². The highest BCUT2D eigenvalue weighted by atomic mass is 16.2. The van der Waals surface area contributed by atoms with E-state index in [0.717, 1.165) is 11.1 Å². The van der Waals surface area contributed by atoms with Crippen molar-refractivity contribution in [2.75, 3.05) is 0 Å². The fourth-order valence-electron chi connectivity index (χ4n) is 2.96. The number of hydrazine groups is 1. The largest absolute Gasteiger partial charge is 0.334 e. The molecule has 3 rings (SSSR count). The second-order valence-corrected chi connectivity index (χ2v) is 7.51. The maximum Gasteiger partial charge on any atom is 0.315 e. The van der Waals surface area contributed by atoms with E-state index in [-0.39, 0.29) is 11.6 Å². The number of nitrogens with zero attached hydrogens (tertiary/aromatic N) is 1. The van der Waals surface area contributed by atoms with Gasteiger partial charge in [-0.2, -0.15) is 5.10 Å². The third-order valence-corrected chi connectivity index (χ3v) is 4.72. The summed E-state index contributed by atoms with van der Waals surface area (Å²) in [4.78, 5) is 37.2. The number of H-pyrrole nitrogens is 1. The summed E-state index contributed by atoms with van der Waals surface area (Å²) in [6, 6.07) is 19.1. The Balaban J connectivity index is 1.51. The number of hydrogen-bond acceptors (Lipinski definition) is 4. The number of rotatable bonds is 7. The molecule has 9 heteroatoms. The molecule has 9 nitrogen and oxygen atoms in total. The SMILES string of the molecule is CC(C)C(NC(=O)NCc1ccccc1)C(=O)NNC(=O)c1cc(-c2ccccc2)n[nH]1. The highest BCUT2D eigenvalue weighted by Crippen LogP contribution is 2.16. The van der Waals surface area contributed by atoms with E-state index in [1.54, 1.807) is 19.9 Å². The third-order valence-electron chi connectivity index (χ3n) is 4.72. The van der Waals surface area contributed by atoms with E-state index in [0.29, 0.717) is 12.2 Å². The van der Waals surface area contributed by atoms with Gasteiger partial charge in [0.2, 0.25) is 0 Å². The average molecular weight is 435 g/mol. The normalized spacial score (nSPS) is 11.5. The number of urea groups is 1. The summed E-state index contributed by atoms with van der Waals surface area (Å²) in [5.74, 6) is -1.29. The Kier molecular flexibility index (Phi) is 7.58. The predicted molar refractivity (Wildman–Crippen MR) is 120 cm³/mol. The van der Waals surface area contributed by atoms with Crippen LogP contribution in [0.25, 0.3) is 11.3 Å². The van der Waals surface area contributed by atoms with Gasteiger partial charge >= 0.3 is 6.03 Å². The first-order valence-corrected chi connectivity index (χ1v) is 10.2. The van der Waals surface area contributed by atoms with Crippen LogP contribution in [0, 0.1) is 5.92 Å². The van der Waals surface area contributed by atoms with Crippen molar-refractivity contribution in [3.8, 4) is 11.3 Å². The number of nitrogens with one attached hydrogen (secondary N) is 5. The first-order chi connectivity index (χ1) is 15.4. The standard InChI is InChI=1S/C23H26N6O3/c1-15(2)20(25-23(32)24-14-16-9-5-3-6-10-16)22(31)29-28-21(30)19-13-18(26-27-19)17-11-7-4-8-12-17/h3-13,15,20H,14H2,1-2H3,(H,26,27)(H,28,30)(H,29,31)(H2,24,25,32). The molecule has 32 heavy (non-hydrogen) atoms. The molecule has 3 aromatic rings. The van der Waals surface area contributed by atoms with Gasteiger partial charge in [-0.1, -0.05) is 74.5 Å². The molecule has 2 aromatic carbocycles. The Morgan fingerprint density at radius 3 is 2.25 bits per heavy atom. The van der Waals surface area contributed by atoms with Gasteiger partial charge in [-0.3, -0.25) is 25.5 Å². The van der Waals surface area contributed by atoms with E-state index >= 15 is 0 Å². The number of carbonyl (C=O) groups is 3. The van der Waals surface area contributed by atoms with Crippen molar-refractivity contribution >= 4 is 17.8 Å². The molecule has 0 fully saturated rings. The Hall–Kier alpha value is -4.14. The van der Waals surface area contributed by atoms with E-state index in [2.05, 4.69) is 31.7 Å². The smallest absolute Gasteiger partial charge is 0.315 e. The molecule has 0 saturated heterocycles. The minimum Gasteiger partial charge on any atom is -0.334 e. The fourth-order valence-corrected chi connectivity index (χ4v) is 2.96. The summed E-state index contributed by atoms with van der Waals surface area (Å²) in [7, 11) is 0. The lowest BCUT2D eigenvalue weighted by Gasteiger charge is -2.22. The molecule has 0 aliphatic carbocycles. The van der Waals surface area contributed by atoms with Gasteiger partial charge in [0, 0.05) is 12.1 Å². The lowest BCUT2D eigenvalue weighted by molar-refractivity contribution is -0.124. The van der Waals surface area contributed by atoms with E-state index in [9.17, 15) is 14.4 Å². The van der Waals surface area contributed by atoms with Crippen LogP contribution in [0.2, 0.25) is 0 Å². The van der Waals surface area contributed by atoms with E-state index in [1.807, 2.05) is 60.7 Å². The second kappa shape index (κ2) is 10.8. The van der Waals surface area contributed by atoms with Crippen molar-refractivity contribution < 1.29 is 14.4 Å². The number of amides is 4. The van der Waals surface area contributed by atoms with E-state index in [4.69, 9.17) is 0 Å². The molecule has 166 valence electrons. The van der Waals surface area contributed by atoms with Crippen LogP contribution in [-0.4, -0.2) is 34.1 Å². The zero-order valence-electron chi connectivity index (χ0n) is 17.9. The molecule has 0 bridgehead atoms. The van der Waals surface area contributed by atoms with Gasteiger partial charge in [0.25, 0.3) is 11.8 Å². The number of hydrogen-bond donors (Lipinski definition) is 5. The monoisotopic (exact) mass is 434 g/mol. The lowest BCUT2D eigenvalue weighted by atomic mass is 10.0. The van der Waals surface area contributed by atoms with Crippen molar-refractivity contribution in [1.29, 1.82) is 0 Å². The van der Waals surface area contributed by atoms with Gasteiger partial charge in [-0.25, -0.2) is 4.79 Å². The zero-order chi connectivity index (χ0) is 22.9. The molecule has 1 atom stereocenters. The minimum atomic E-state index is -0.840. The molecule has 1 unspecified atom stereocenters. The molecular formula is C23H26N6O3. The Labute approximate surface area is 186 Å². The number of aromatic amines is 1. The van der Waals surface area contributed by atoms with Crippen LogP contribution in [0.1, 0.15) is 29.9 Å². The number of benzene rings is 2. The first kappa shape index (κ1) is 22.5. The van der Waals surface area contributed by atoms with Gasteiger partial charge in [0.15, 0.2) is 0 Å². The van der Waals surface area contributed by atoms with Crippen LogP contribution >= 0.6 is 0 Å². The van der Waals surface area contributed by atoms with Gasteiger partial charge in [-0.15, -0.1) is 0 Å². The highest BCUT2D eigenvalue weighted by molar-refractivity contribution is 5.95. The van der Waals surface area contributed by atoms with Crippen LogP contribution < -0.4 is 21.5 Å². The molecule has 1 aromatic heterocycles. The van der Waals surface area contributed by atoms with Crippen LogP contribution in [0.4, 0.5) is 4.79 Å². The maximum atomic E-state index is 12.6. The molecule has 0 radical (unpaired) electrons. The molecule has 0 aliphatic rings. The van der Waals surface area contributed by atoms with Gasteiger partial charge in [0.1, 0.15) is 11.7 Å². The summed E-state index contributed by atoms with van der Waals surface area (Å²) in [6.07, 6.45) is 0. The Morgan fingerprint density at radius 2 is 1.59 bits per heavy atom. The summed E-state index contributed by atoms with van der Waals surface area (Å²) in [5.41, 5.74) is 7.31. The molecule has 0 spiro atoms. The summed E-state index contributed by atoms with van der Waals surface area (Å²) < 4.78 is 0. The van der Waals surface area contributed by atoms with Gasteiger partial charge in [-0.05, 0) is 17.5 Å². The predicted octanol–water partition coefficient (Wildman–Crippen LogP) is 2.36. The first-order valence-electron chi connectivity index (χ1n) is 10.2. The Bertz CT molecular complexity index is 1050. The topological polar surface area (TPSA) is 128 Å². The fraction of sp³-hybridized carbons (Fsp3) is 0.217. The Morgan fingerprint density at radius 1 is 0.938 bits per heavy atom. The van der Waals surface area contributed by atoms with Crippen LogP contribution in [0.15, 0.2) is 66.7 Å². The van der Waals surface area contributed by atoms with Gasteiger partial charge < -0.3 is 10.6 Å². The number of carbonyl (C=O) groups excluding carboxylic acids is 3. The quantitative estimate of drug-likeness (QED) is 0.366. The molecular weight excluding hydrogens is 408 g/mol. The maximum absolute atomic E-state index is 12.6. The third kappa shape index (κ3) is 6.18. The highest BCUT2D eigenvalue weighted by Gasteiger charge is 2.25. The molecule has 5 N–H and O–H groups in total. The summed E-state index contributed by atoms with van der Waals surface area (Å²) in [6.45, 7) is 3.93. The van der Waals surface area contributed by atoms with Crippen molar-refractivity contribution in [2.24, 2.45) is 5.92 Å². The van der Waals surface area contributed by atoms with Crippen LogP contribution in [0.5, 0.6) is 0 Å². The average Bonchev–Trinajstić information content (AvgIpc) is 3.31. The second-order valence-electron chi connectivity index (χ2n) is 7.51. The van der Waals surface area contributed by atoms with Crippen molar-refractivity contribution in [3.63, 3.8) is 0 Å². The molecule has 0 aliphatic heterocycles. The van der Waals surface area contributed by atoms with Crippen LogP contribution in [0.3, 0.4) is 0 Å². The molecule has 0 saturated carbocycles. The van der Waals surface area contributed by atoms with Crippen molar-refractivity contribution in [3.05, 3.63) is 78.0 Å². The summed E-state index contributed by atoms with van der Waals surface area (Å²) >= 11 is 0. The lowest BCUT2D eigenvalue weighted by Crippen LogP contribution is -2.56. The zero-order valence-corrected chi connectivity index (χ0v) is 17.9. The minimum absolute atomic E-state index is 0.193. The molecule has 4 amide bonds. The summed E-state index contributed by atoms with van der Waals surface area (Å²) in [5, 5.41) is 12.1. The van der Waals surface area contributed by atoms with Gasteiger partial charge in [0.05, 0.1) is 5.69 Å².